The predicted octanol–water partition coefficient (Wildman–Crippen LogP) is 4.49. The van der Waals surface area contributed by atoms with E-state index in [0.717, 1.165) is 15.7 Å². The van der Waals surface area contributed by atoms with E-state index in [1.54, 1.807) is 7.11 Å². The third-order valence-electron chi connectivity index (χ3n) is 2.92. The van der Waals surface area contributed by atoms with Crippen molar-refractivity contribution in [2.45, 2.75) is 13.2 Å². The van der Waals surface area contributed by atoms with E-state index in [1.807, 2.05) is 18.2 Å². The molecule has 0 aliphatic carbocycles. The summed E-state index contributed by atoms with van der Waals surface area (Å²) >= 11 is 3.44. The second kappa shape index (κ2) is 6.81. The number of hydrogen-bond acceptors (Lipinski definition) is 2. The second-order valence-corrected chi connectivity index (χ2v) is 5.11. The Morgan fingerprint density at radius 2 is 1.70 bits per heavy atom. The molecule has 0 saturated carbocycles. The fourth-order valence-corrected chi connectivity index (χ4v) is 2.38. The fraction of sp³-hybridized carbons (Fsp3) is 0.200. The molecule has 0 saturated heterocycles. The summed E-state index contributed by atoms with van der Waals surface area (Å²) in [7, 11) is 1.60. The van der Waals surface area contributed by atoms with Crippen LogP contribution in [-0.2, 0) is 17.9 Å². The minimum absolute atomic E-state index is 0.0239. The number of halogens is 3. The number of benzene rings is 2. The second-order valence-electron chi connectivity index (χ2n) is 4.25. The van der Waals surface area contributed by atoms with Crippen molar-refractivity contribution >= 4 is 21.6 Å². The van der Waals surface area contributed by atoms with Gasteiger partial charge in [-0.15, -0.1) is 0 Å². The molecule has 0 spiro atoms. The number of nitrogens with one attached hydrogen (secondary N) is 1. The zero-order valence-corrected chi connectivity index (χ0v) is 12.5. The summed E-state index contributed by atoms with van der Waals surface area (Å²) in [5.74, 6) is -1.11. The molecule has 0 bridgehead atoms. The van der Waals surface area contributed by atoms with Crippen LogP contribution in [0.4, 0.5) is 14.5 Å². The van der Waals surface area contributed by atoms with Crippen molar-refractivity contribution < 1.29 is 13.5 Å². The van der Waals surface area contributed by atoms with Gasteiger partial charge in [0.25, 0.3) is 0 Å². The van der Waals surface area contributed by atoms with Gasteiger partial charge >= 0.3 is 0 Å². The fourth-order valence-electron chi connectivity index (χ4n) is 1.90. The molecule has 0 atom stereocenters. The van der Waals surface area contributed by atoms with Crippen molar-refractivity contribution in [3.8, 4) is 0 Å². The molecular formula is C15H14BrF2NO. The minimum Gasteiger partial charge on any atom is -0.380 e. The molecule has 2 aromatic rings. The number of anilines is 1. The van der Waals surface area contributed by atoms with Crippen LogP contribution in [-0.4, -0.2) is 7.11 Å². The van der Waals surface area contributed by atoms with E-state index in [2.05, 4.69) is 21.2 Å². The molecule has 2 rings (SSSR count). The Balaban J connectivity index is 2.21. The van der Waals surface area contributed by atoms with Gasteiger partial charge in [-0.2, -0.15) is 0 Å². The van der Waals surface area contributed by atoms with Gasteiger partial charge in [-0.25, -0.2) is 8.78 Å². The van der Waals surface area contributed by atoms with E-state index in [4.69, 9.17) is 4.74 Å². The van der Waals surface area contributed by atoms with E-state index in [9.17, 15) is 8.78 Å². The molecule has 0 unspecified atom stereocenters. The maximum atomic E-state index is 13.6. The monoisotopic (exact) mass is 341 g/mol. The van der Waals surface area contributed by atoms with E-state index in [1.165, 1.54) is 18.2 Å². The van der Waals surface area contributed by atoms with E-state index < -0.39 is 11.6 Å². The highest BCUT2D eigenvalue weighted by Crippen LogP contribution is 2.26. The van der Waals surface area contributed by atoms with Gasteiger partial charge in [0.2, 0.25) is 0 Å². The van der Waals surface area contributed by atoms with Gasteiger partial charge in [0.15, 0.2) is 0 Å². The zero-order valence-electron chi connectivity index (χ0n) is 10.9. The van der Waals surface area contributed by atoms with Crippen molar-refractivity contribution in [3.63, 3.8) is 0 Å². The maximum Gasteiger partial charge on any atom is 0.131 e. The molecule has 1 N–H and O–H groups in total. The number of hydrogen-bond donors (Lipinski definition) is 1. The van der Waals surface area contributed by atoms with Crippen LogP contribution in [0, 0.1) is 11.6 Å². The first-order valence-corrected chi connectivity index (χ1v) is 6.86. The summed E-state index contributed by atoms with van der Waals surface area (Å²) < 4.78 is 33.2. The van der Waals surface area contributed by atoms with Crippen LogP contribution in [0.3, 0.4) is 0 Å². The van der Waals surface area contributed by atoms with Crippen LogP contribution < -0.4 is 5.32 Å². The van der Waals surface area contributed by atoms with Crippen LogP contribution in [0.15, 0.2) is 40.9 Å². The molecule has 0 heterocycles. The lowest BCUT2D eigenvalue weighted by atomic mass is 10.1. The average Bonchev–Trinajstić information content (AvgIpc) is 2.42. The standard InChI is InChI=1S/C15H14BrF2NO/c1-20-9-11-12(16)4-2-7-15(11)19-8-10-13(17)5-3-6-14(10)18/h2-7,19H,8-9H2,1H3. The smallest absolute Gasteiger partial charge is 0.131 e. The zero-order chi connectivity index (χ0) is 14.5. The van der Waals surface area contributed by atoms with Crippen molar-refractivity contribution in [1.29, 1.82) is 0 Å². The topological polar surface area (TPSA) is 21.3 Å². The van der Waals surface area contributed by atoms with Crippen LogP contribution in [0.2, 0.25) is 0 Å². The summed E-state index contributed by atoms with van der Waals surface area (Å²) in [5, 5.41) is 3.05. The minimum atomic E-state index is -0.555. The van der Waals surface area contributed by atoms with Crippen LogP contribution in [0.5, 0.6) is 0 Å². The van der Waals surface area contributed by atoms with Gasteiger partial charge in [0.05, 0.1) is 6.61 Å². The van der Waals surface area contributed by atoms with Crippen LogP contribution >= 0.6 is 15.9 Å². The maximum absolute atomic E-state index is 13.6. The largest absolute Gasteiger partial charge is 0.380 e. The first-order valence-electron chi connectivity index (χ1n) is 6.06. The normalized spacial score (nSPS) is 10.6. The summed E-state index contributed by atoms with van der Waals surface area (Å²) in [6, 6.07) is 9.43. The molecule has 0 aliphatic heterocycles. The predicted molar refractivity (Wildman–Crippen MR) is 78.5 cm³/mol. The van der Waals surface area contributed by atoms with E-state index >= 15 is 0 Å². The molecule has 20 heavy (non-hydrogen) atoms. The third-order valence-corrected chi connectivity index (χ3v) is 3.67. The molecule has 0 radical (unpaired) electrons. The van der Waals surface area contributed by atoms with E-state index in [-0.39, 0.29) is 12.1 Å². The van der Waals surface area contributed by atoms with Gasteiger partial charge < -0.3 is 10.1 Å². The molecule has 2 aromatic carbocycles. The first kappa shape index (κ1) is 14.9. The Labute approximate surface area is 124 Å². The molecule has 0 amide bonds. The summed E-state index contributed by atoms with van der Waals surface area (Å²) in [6.45, 7) is 0.481. The molecule has 0 aliphatic rings. The molecule has 0 fully saturated rings. The van der Waals surface area contributed by atoms with Crippen molar-refractivity contribution in [2.75, 3.05) is 12.4 Å². The van der Waals surface area contributed by atoms with Crippen LogP contribution in [0.25, 0.3) is 0 Å². The van der Waals surface area contributed by atoms with Crippen molar-refractivity contribution in [3.05, 3.63) is 63.6 Å². The Hall–Kier alpha value is -1.46. The summed E-state index contributed by atoms with van der Waals surface area (Å²) in [6.07, 6.45) is 0. The number of ether oxygens (including phenoxy) is 1. The highest BCUT2D eigenvalue weighted by molar-refractivity contribution is 9.10. The average molecular weight is 342 g/mol. The lowest BCUT2D eigenvalue weighted by Crippen LogP contribution is -2.07. The molecule has 2 nitrogen and oxygen atoms in total. The number of methoxy groups -OCH3 is 1. The van der Waals surface area contributed by atoms with Crippen molar-refractivity contribution in [1.82, 2.24) is 0 Å². The molecule has 5 heteroatoms. The number of rotatable bonds is 5. The van der Waals surface area contributed by atoms with Gasteiger partial charge in [0, 0.05) is 34.9 Å². The van der Waals surface area contributed by atoms with Gasteiger partial charge in [-0.3, -0.25) is 0 Å². The van der Waals surface area contributed by atoms with E-state index in [0.29, 0.717) is 6.61 Å². The van der Waals surface area contributed by atoms with Crippen molar-refractivity contribution in [2.24, 2.45) is 0 Å². The first-order chi connectivity index (χ1) is 9.63. The lowest BCUT2D eigenvalue weighted by molar-refractivity contribution is 0.185. The Kier molecular flexibility index (Phi) is 5.09. The Bertz CT molecular complexity index is 584. The molecule has 0 aromatic heterocycles. The van der Waals surface area contributed by atoms with Gasteiger partial charge in [-0.1, -0.05) is 28.1 Å². The highest BCUT2D eigenvalue weighted by atomic mass is 79.9. The molecule has 106 valence electrons. The quantitative estimate of drug-likeness (QED) is 0.865. The summed E-state index contributed by atoms with van der Waals surface area (Å²) in [4.78, 5) is 0. The molecular weight excluding hydrogens is 328 g/mol. The summed E-state index contributed by atoms with van der Waals surface area (Å²) in [5.41, 5.74) is 1.71. The highest BCUT2D eigenvalue weighted by Gasteiger charge is 2.10. The third kappa shape index (κ3) is 3.35. The van der Waals surface area contributed by atoms with Gasteiger partial charge in [-0.05, 0) is 24.3 Å². The van der Waals surface area contributed by atoms with Gasteiger partial charge in [0.1, 0.15) is 11.6 Å². The Morgan fingerprint density at radius 3 is 2.35 bits per heavy atom. The SMILES string of the molecule is COCc1c(Br)cccc1NCc1c(F)cccc1F. The lowest BCUT2D eigenvalue weighted by Gasteiger charge is -2.14. The van der Waals surface area contributed by atoms with Crippen LogP contribution in [0.1, 0.15) is 11.1 Å². The Morgan fingerprint density at radius 1 is 1.05 bits per heavy atom.